The molecular formula is C25H24FN3O5S. The molecule has 1 fully saturated rings. The molecule has 0 bridgehead atoms. The van der Waals surface area contributed by atoms with Gasteiger partial charge in [-0.25, -0.2) is 12.8 Å². The zero-order valence-corrected chi connectivity index (χ0v) is 19.8. The van der Waals surface area contributed by atoms with Gasteiger partial charge < -0.3 is 14.9 Å². The van der Waals surface area contributed by atoms with E-state index in [1.165, 1.54) is 37.3 Å². The number of piperazine rings is 1. The van der Waals surface area contributed by atoms with Crippen molar-refractivity contribution >= 4 is 27.5 Å². The number of carbonyl (C=O) groups is 2. The SMILES string of the molecule is Cc1ccc(S(=O)(=O)Nc2cccc(C(=O)N3CCN(C(=O)c4ccccc4O)CC3)c2)cc1F. The van der Waals surface area contributed by atoms with E-state index in [1.807, 2.05) is 0 Å². The van der Waals surface area contributed by atoms with Crippen LogP contribution in [0.5, 0.6) is 5.75 Å². The van der Waals surface area contributed by atoms with E-state index in [9.17, 15) is 27.5 Å². The summed E-state index contributed by atoms with van der Waals surface area (Å²) >= 11 is 0. The maximum absolute atomic E-state index is 13.8. The lowest BCUT2D eigenvalue weighted by molar-refractivity contribution is 0.0533. The number of carbonyl (C=O) groups excluding carboxylic acids is 2. The zero-order chi connectivity index (χ0) is 25.2. The Balaban J connectivity index is 1.42. The molecule has 2 N–H and O–H groups in total. The summed E-state index contributed by atoms with van der Waals surface area (Å²) in [6.45, 7) is 2.71. The molecule has 1 aliphatic heterocycles. The first kappa shape index (κ1) is 24.2. The minimum absolute atomic E-state index is 0.0938. The molecule has 2 amide bonds. The van der Waals surface area contributed by atoms with E-state index in [4.69, 9.17) is 0 Å². The quantitative estimate of drug-likeness (QED) is 0.563. The Bertz CT molecular complexity index is 1390. The molecule has 8 nitrogen and oxygen atoms in total. The fraction of sp³-hybridized carbons (Fsp3) is 0.200. The highest BCUT2D eigenvalue weighted by Crippen LogP contribution is 2.22. The highest BCUT2D eigenvalue weighted by Gasteiger charge is 2.27. The average molecular weight is 498 g/mol. The number of phenols is 1. The van der Waals surface area contributed by atoms with Crippen LogP contribution >= 0.6 is 0 Å². The highest BCUT2D eigenvalue weighted by atomic mass is 32.2. The number of hydrogen-bond donors (Lipinski definition) is 2. The fourth-order valence-electron chi connectivity index (χ4n) is 3.79. The first-order chi connectivity index (χ1) is 16.7. The molecule has 1 heterocycles. The van der Waals surface area contributed by atoms with Crippen molar-refractivity contribution in [3.05, 3.63) is 89.2 Å². The molecule has 1 saturated heterocycles. The van der Waals surface area contributed by atoms with E-state index < -0.39 is 15.8 Å². The maximum atomic E-state index is 13.8. The normalized spacial score (nSPS) is 14.0. The first-order valence-corrected chi connectivity index (χ1v) is 12.4. The second kappa shape index (κ2) is 9.75. The van der Waals surface area contributed by atoms with Crippen LogP contribution in [0.2, 0.25) is 0 Å². The molecule has 4 rings (SSSR count). The number of aryl methyl sites for hydroxylation is 1. The van der Waals surface area contributed by atoms with Crippen LogP contribution in [-0.4, -0.2) is 61.3 Å². The van der Waals surface area contributed by atoms with Crippen molar-refractivity contribution < 1.29 is 27.5 Å². The van der Waals surface area contributed by atoms with E-state index in [1.54, 1.807) is 40.1 Å². The van der Waals surface area contributed by atoms with Crippen molar-refractivity contribution in [2.24, 2.45) is 0 Å². The molecule has 0 aliphatic carbocycles. The number of halogens is 1. The largest absolute Gasteiger partial charge is 0.507 e. The molecule has 0 unspecified atom stereocenters. The molecule has 35 heavy (non-hydrogen) atoms. The maximum Gasteiger partial charge on any atom is 0.261 e. The lowest BCUT2D eigenvalue weighted by atomic mass is 10.1. The lowest BCUT2D eigenvalue weighted by Gasteiger charge is -2.35. The number of nitrogens with one attached hydrogen (secondary N) is 1. The van der Waals surface area contributed by atoms with Crippen LogP contribution in [0.4, 0.5) is 10.1 Å². The zero-order valence-electron chi connectivity index (χ0n) is 18.9. The number of phenolic OH excluding ortho intramolecular Hbond substituents is 1. The summed E-state index contributed by atoms with van der Waals surface area (Å²) < 4.78 is 41.5. The summed E-state index contributed by atoms with van der Waals surface area (Å²) in [6, 6.07) is 16.0. The van der Waals surface area contributed by atoms with Gasteiger partial charge in [0, 0.05) is 37.4 Å². The van der Waals surface area contributed by atoms with E-state index >= 15 is 0 Å². The van der Waals surface area contributed by atoms with Gasteiger partial charge in [0.25, 0.3) is 21.8 Å². The van der Waals surface area contributed by atoms with Gasteiger partial charge in [0.05, 0.1) is 10.5 Å². The summed E-state index contributed by atoms with van der Waals surface area (Å²) in [7, 11) is -4.05. The van der Waals surface area contributed by atoms with Crippen LogP contribution in [0.15, 0.2) is 71.6 Å². The van der Waals surface area contributed by atoms with Gasteiger partial charge in [0.1, 0.15) is 11.6 Å². The molecule has 0 aromatic heterocycles. The summed E-state index contributed by atoms with van der Waals surface area (Å²) in [4.78, 5) is 28.6. The van der Waals surface area contributed by atoms with Crippen LogP contribution in [0.3, 0.4) is 0 Å². The monoisotopic (exact) mass is 497 g/mol. The van der Waals surface area contributed by atoms with Gasteiger partial charge in [-0.05, 0) is 55.0 Å². The Morgan fingerprint density at radius 1 is 0.886 bits per heavy atom. The van der Waals surface area contributed by atoms with Gasteiger partial charge >= 0.3 is 0 Å². The van der Waals surface area contributed by atoms with Gasteiger partial charge in [-0.1, -0.05) is 24.3 Å². The third-order valence-corrected chi connectivity index (χ3v) is 7.18. The molecular weight excluding hydrogens is 473 g/mol. The van der Waals surface area contributed by atoms with E-state index in [-0.39, 0.29) is 52.4 Å². The van der Waals surface area contributed by atoms with Gasteiger partial charge in [-0.2, -0.15) is 0 Å². The topological polar surface area (TPSA) is 107 Å². The Labute approximate surface area is 202 Å². The number of amides is 2. The predicted molar refractivity (Wildman–Crippen MR) is 128 cm³/mol. The Kier molecular flexibility index (Phi) is 6.74. The van der Waals surface area contributed by atoms with E-state index in [0.717, 1.165) is 6.07 Å². The Hall–Kier alpha value is -3.92. The van der Waals surface area contributed by atoms with Crippen molar-refractivity contribution in [3.63, 3.8) is 0 Å². The van der Waals surface area contributed by atoms with E-state index in [0.29, 0.717) is 18.7 Å². The van der Waals surface area contributed by atoms with Crippen LogP contribution in [0.1, 0.15) is 26.3 Å². The molecule has 10 heteroatoms. The van der Waals surface area contributed by atoms with Crippen molar-refractivity contribution in [1.82, 2.24) is 9.80 Å². The number of aromatic hydroxyl groups is 1. The fourth-order valence-corrected chi connectivity index (χ4v) is 4.85. The minimum Gasteiger partial charge on any atom is -0.507 e. The van der Waals surface area contributed by atoms with Crippen LogP contribution in [0, 0.1) is 12.7 Å². The third kappa shape index (κ3) is 5.27. The number of sulfonamides is 1. The average Bonchev–Trinajstić information content (AvgIpc) is 2.85. The highest BCUT2D eigenvalue weighted by molar-refractivity contribution is 7.92. The molecule has 3 aromatic carbocycles. The number of nitrogens with zero attached hydrogens (tertiary/aromatic N) is 2. The summed E-state index contributed by atoms with van der Waals surface area (Å²) in [6.07, 6.45) is 0. The van der Waals surface area contributed by atoms with Crippen molar-refractivity contribution in [3.8, 4) is 5.75 Å². The number of benzene rings is 3. The number of rotatable bonds is 5. The predicted octanol–water partition coefficient (Wildman–Crippen LogP) is 3.24. The lowest BCUT2D eigenvalue weighted by Crippen LogP contribution is -2.50. The second-order valence-corrected chi connectivity index (χ2v) is 9.88. The van der Waals surface area contributed by atoms with Crippen molar-refractivity contribution in [2.45, 2.75) is 11.8 Å². The molecule has 3 aromatic rings. The second-order valence-electron chi connectivity index (χ2n) is 8.20. The van der Waals surface area contributed by atoms with Crippen LogP contribution < -0.4 is 4.72 Å². The summed E-state index contributed by atoms with van der Waals surface area (Å²) in [5, 5.41) is 9.93. The summed E-state index contributed by atoms with van der Waals surface area (Å²) in [5.41, 5.74) is 0.991. The molecule has 1 aliphatic rings. The summed E-state index contributed by atoms with van der Waals surface area (Å²) in [5.74, 6) is -1.33. The van der Waals surface area contributed by atoms with Crippen molar-refractivity contribution in [1.29, 1.82) is 0 Å². The number of hydrogen-bond acceptors (Lipinski definition) is 5. The van der Waals surface area contributed by atoms with Gasteiger partial charge in [0.15, 0.2) is 0 Å². The number of para-hydroxylation sites is 1. The van der Waals surface area contributed by atoms with Crippen LogP contribution in [0.25, 0.3) is 0 Å². The van der Waals surface area contributed by atoms with Crippen LogP contribution in [-0.2, 0) is 10.0 Å². The molecule has 0 radical (unpaired) electrons. The Morgan fingerprint density at radius 3 is 2.20 bits per heavy atom. The minimum atomic E-state index is -4.05. The van der Waals surface area contributed by atoms with E-state index in [2.05, 4.69) is 4.72 Å². The van der Waals surface area contributed by atoms with Gasteiger partial charge in [-0.15, -0.1) is 0 Å². The smallest absolute Gasteiger partial charge is 0.261 e. The molecule has 182 valence electrons. The van der Waals surface area contributed by atoms with Gasteiger partial charge in [-0.3, -0.25) is 14.3 Å². The van der Waals surface area contributed by atoms with Crippen molar-refractivity contribution in [2.75, 3.05) is 30.9 Å². The molecule has 0 atom stereocenters. The Morgan fingerprint density at radius 2 is 1.54 bits per heavy atom. The standard InChI is InChI=1S/C25H24FN3O5S/c1-17-9-10-20(16-22(17)26)35(33,34)27-19-6-4-5-18(15-19)24(31)28-11-13-29(14-12-28)25(32)21-7-2-3-8-23(21)30/h2-10,15-16,27,30H,11-14H2,1H3. The van der Waals surface area contributed by atoms with Gasteiger partial charge in [0.2, 0.25) is 0 Å². The first-order valence-electron chi connectivity index (χ1n) is 10.9. The third-order valence-electron chi connectivity index (χ3n) is 5.80. The molecule has 0 saturated carbocycles. The number of anilines is 1. The molecule has 0 spiro atoms.